The van der Waals surface area contributed by atoms with Crippen LogP contribution in [0.5, 0.6) is 0 Å². The number of nitrogens with zero attached hydrogens (tertiary/aromatic N) is 2. The summed E-state index contributed by atoms with van der Waals surface area (Å²) in [7, 11) is 0. The number of isocyanates is 2. The molecular formula is C14H7Cl2FN2O2. The topological polar surface area (TPSA) is 58.9 Å². The summed E-state index contributed by atoms with van der Waals surface area (Å²) in [6.07, 6.45) is 2.66. The Hall–Kier alpha value is -2.29. The maximum atomic E-state index is 12.5. The first-order chi connectivity index (χ1) is 10.1. The summed E-state index contributed by atoms with van der Waals surface area (Å²) >= 11 is 11.2. The van der Waals surface area contributed by atoms with Crippen molar-refractivity contribution in [2.45, 2.75) is 0 Å². The molecule has 2 rings (SSSR count). The lowest BCUT2D eigenvalue weighted by atomic mass is 10.3. The minimum atomic E-state index is -0.508. The highest BCUT2D eigenvalue weighted by Crippen LogP contribution is 2.25. The fraction of sp³-hybridized carbons (Fsp3) is 0. The second kappa shape index (κ2) is 8.80. The van der Waals surface area contributed by atoms with Crippen LogP contribution in [0.25, 0.3) is 0 Å². The quantitative estimate of drug-likeness (QED) is 0.591. The normalized spacial score (nSPS) is 8.71. The Morgan fingerprint density at radius 2 is 1.57 bits per heavy atom. The van der Waals surface area contributed by atoms with Crippen molar-refractivity contribution in [3.63, 3.8) is 0 Å². The second-order valence-electron chi connectivity index (χ2n) is 3.46. The fourth-order valence-electron chi connectivity index (χ4n) is 1.20. The van der Waals surface area contributed by atoms with Crippen molar-refractivity contribution >= 4 is 46.7 Å². The predicted octanol–water partition coefficient (Wildman–Crippen LogP) is 4.75. The van der Waals surface area contributed by atoms with Gasteiger partial charge >= 0.3 is 0 Å². The Balaban J connectivity index is 0.000000211. The molecule has 2 aromatic carbocycles. The van der Waals surface area contributed by atoms with Crippen molar-refractivity contribution in [2.24, 2.45) is 9.98 Å². The van der Waals surface area contributed by atoms with Crippen LogP contribution in [0, 0.1) is 5.82 Å². The number of rotatable bonds is 2. The van der Waals surface area contributed by atoms with Gasteiger partial charge in [0.15, 0.2) is 0 Å². The highest BCUT2D eigenvalue weighted by Gasteiger charge is 1.97. The zero-order chi connectivity index (χ0) is 15.7. The first-order valence-corrected chi connectivity index (χ1v) is 6.19. The van der Waals surface area contributed by atoms with E-state index in [0.29, 0.717) is 15.7 Å². The molecule has 0 aromatic heterocycles. The van der Waals surface area contributed by atoms with E-state index in [-0.39, 0.29) is 5.69 Å². The Labute approximate surface area is 129 Å². The number of hydrogen-bond acceptors (Lipinski definition) is 4. The minimum absolute atomic E-state index is 0.0255. The number of para-hydroxylation sites is 1. The van der Waals surface area contributed by atoms with Crippen molar-refractivity contribution in [1.29, 1.82) is 0 Å². The molecule has 0 bridgehead atoms. The Morgan fingerprint density at radius 1 is 0.905 bits per heavy atom. The van der Waals surface area contributed by atoms with Crippen LogP contribution in [0.4, 0.5) is 15.8 Å². The van der Waals surface area contributed by atoms with Gasteiger partial charge in [0.05, 0.1) is 15.7 Å². The van der Waals surface area contributed by atoms with E-state index < -0.39 is 5.82 Å². The van der Waals surface area contributed by atoms with E-state index in [0.717, 1.165) is 0 Å². The summed E-state index contributed by atoms with van der Waals surface area (Å²) in [4.78, 5) is 26.0. The summed E-state index contributed by atoms with van der Waals surface area (Å²) in [5.74, 6) is -0.508. The third kappa shape index (κ3) is 5.69. The number of benzene rings is 2. The molecule has 7 heteroatoms. The van der Waals surface area contributed by atoms with E-state index in [1.54, 1.807) is 18.2 Å². The largest absolute Gasteiger partial charge is 0.240 e. The predicted molar refractivity (Wildman–Crippen MR) is 78.4 cm³/mol. The highest BCUT2D eigenvalue weighted by atomic mass is 35.5. The molecule has 0 spiro atoms. The molecule has 0 saturated carbocycles. The van der Waals surface area contributed by atoms with Crippen molar-refractivity contribution in [3.8, 4) is 0 Å². The maximum Gasteiger partial charge on any atom is 0.240 e. The van der Waals surface area contributed by atoms with Crippen molar-refractivity contribution in [1.82, 2.24) is 0 Å². The summed E-state index contributed by atoms with van der Waals surface area (Å²) in [5.41, 5.74) is 0.479. The highest BCUT2D eigenvalue weighted by molar-refractivity contribution is 6.42. The van der Waals surface area contributed by atoms with Crippen LogP contribution in [0.3, 0.4) is 0 Å². The maximum absolute atomic E-state index is 12.5. The lowest BCUT2D eigenvalue weighted by Crippen LogP contribution is -1.71. The number of hydrogen-bond donors (Lipinski definition) is 0. The molecular weight excluding hydrogens is 318 g/mol. The average Bonchev–Trinajstić information content (AvgIpc) is 2.47. The molecule has 0 radical (unpaired) electrons. The monoisotopic (exact) mass is 324 g/mol. The number of aliphatic imine (C=N–C) groups is 2. The molecule has 106 valence electrons. The van der Waals surface area contributed by atoms with Crippen LogP contribution in [-0.2, 0) is 9.59 Å². The molecule has 0 atom stereocenters. The number of halogens is 3. The summed E-state index contributed by atoms with van der Waals surface area (Å²) < 4.78 is 12.5. The van der Waals surface area contributed by atoms with Crippen LogP contribution < -0.4 is 0 Å². The summed E-state index contributed by atoms with van der Waals surface area (Å²) in [6, 6.07) is 10.4. The van der Waals surface area contributed by atoms with Gasteiger partial charge in [0, 0.05) is 0 Å². The van der Waals surface area contributed by atoms with Crippen LogP contribution in [0.15, 0.2) is 52.4 Å². The smallest absolute Gasteiger partial charge is 0.211 e. The summed E-state index contributed by atoms with van der Waals surface area (Å²) in [6.45, 7) is 0. The van der Waals surface area contributed by atoms with Gasteiger partial charge in [-0.3, -0.25) is 0 Å². The summed E-state index contributed by atoms with van der Waals surface area (Å²) in [5, 5.41) is 0.819. The lowest BCUT2D eigenvalue weighted by Gasteiger charge is -1.93. The standard InChI is InChI=1S/C7H3Cl2NO.C7H4FNO/c8-6-2-1-5(10-4-11)3-7(6)9;8-6-3-1-2-4-7(6)9-5-10/h1-3H;1-4H. The minimum Gasteiger partial charge on any atom is -0.211 e. The van der Waals surface area contributed by atoms with Gasteiger partial charge in [-0.05, 0) is 30.3 Å². The molecule has 21 heavy (non-hydrogen) atoms. The van der Waals surface area contributed by atoms with E-state index in [1.165, 1.54) is 36.4 Å². The molecule has 0 heterocycles. The molecule has 0 aliphatic rings. The second-order valence-corrected chi connectivity index (χ2v) is 4.27. The SMILES string of the molecule is O=C=Nc1ccc(Cl)c(Cl)c1.O=C=Nc1ccccc1F. The van der Waals surface area contributed by atoms with E-state index in [9.17, 15) is 14.0 Å². The van der Waals surface area contributed by atoms with Gasteiger partial charge in [-0.2, -0.15) is 9.98 Å². The first kappa shape index (κ1) is 16.8. The van der Waals surface area contributed by atoms with Gasteiger partial charge in [-0.15, -0.1) is 0 Å². The fourth-order valence-corrected chi connectivity index (χ4v) is 1.49. The third-order valence-corrected chi connectivity index (χ3v) is 2.84. The van der Waals surface area contributed by atoms with Crippen molar-refractivity contribution < 1.29 is 14.0 Å². The van der Waals surface area contributed by atoms with Gasteiger partial charge < -0.3 is 0 Å². The number of carbonyl (C=O) groups excluding carboxylic acids is 2. The molecule has 0 saturated heterocycles. The van der Waals surface area contributed by atoms with Gasteiger partial charge in [0.2, 0.25) is 12.2 Å². The van der Waals surface area contributed by atoms with E-state index in [2.05, 4.69) is 9.98 Å². The molecule has 0 N–H and O–H groups in total. The van der Waals surface area contributed by atoms with Gasteiger partial charge in [-0.1, -0.05) is 35.3 Å². The van der Waals surface area contributed by atoms with Crippen molar-refractivity contribution in [3.05, 3.63) is 58.3 Å². The van der Waals surface area contributed by atoms with E-state index in [1.807, 2.05) is 0 Å². The van der Waals surface area contributed by atoms with Crippen LogP contribution >= 0.6 is 23.2 Å². The van der Waals surface area contributed by atoms with Crippen LogP contribution in [0.1, 0.15) is 0 Å². The molecule has 2 aromatic rings. The Morgan fingerprint density at radius 3 is 2.14 bits per heavy atom. The zero-order valence-electron chi connectivity index (χ0n) is 10.4. The Kier molecular flexibility index (Phi) is 7.02. The van der Waals surface area contributed by atoms with Crippen LogP contribution in [0.2, 0.25) is 10.0 Å². The average molecular weight is 325 g/mol. The first-order valence-electron chi connectivity index (χ1n) is 5.44. The van der Waals surface area contributed by atoms with Gasteiger partial charge in [0.1, 0.15) is 11.5 Å². The molecule has 0 aliphatic heterocycles. The molecule has 0 amide bonds. The molecule has 0 unspecified atom stereocenters. The Bertz CT molecular complexity index is 725. The van der Waals surface area contributed by atoms with E-state index >= 15 is 0 Å². The molecule has 0 aliphatic carbocycles. The van der Waals surface area contributed by atoms with Crippen LogP contribution in [-0.4, -0.2) is 12.2 Å². The lowest BCUT2D eigenvalue weighted by molar-refractivity contribution is 0.564. The third-order valence-electron chi connectivity index (χ3n) is 2.10. The van der Waals surface area contributed by atoms with Crippen molar-refractivity contribution in [2.75, 3.05) is 0 Å². The van der Waals surface area contributed by atoms with Gasteiger partial charge in [-0.25, -0.2) is 14.0 Å². The van der Waals surface area contributed by atoms with E-state index in [4.69, 9.17) is 23.2 Å². The molecule has 4 nitrogen and oxygen atoms in total. The van der Waals surface area contributed by atoms with Gasteiger partial charge in [0.25, 0.3) is 0 Å². The zero-order valence-corrected chi connectivity index (χ0v) is 11.9. The molecule has 0 fully saturated rings.